The molecule has 22 heavy (non-hydrogen) atoms. The van der Waals surface area contributed by atoms with Crippen LogP contribution in [0.25, 0.3) is 0 Å². The average Bonchev–Trinajstić information content (AvgIpc) is 2.90. The van der Waals surface area contributed by atoms with Gasteiger partial charge in [0.1, 0.15) is 12.2 Å². The van der Waals surface area contributed by atoms with E-state index in [9.17, 15) is 14.7 Å². The number of carbonyl (C=O) groups excluding carboxylic acids is 2. The van der Waals surface area contributed by atoms with E-state index in [4.69, 9.17) is 0 Å². The first-order valence-corrected chi connectivity index (χ1v) is 8.53. The fraction of sp³-hybridized carbons (Fsp3) is 0.765. The van der Waals surface area contributed by atoms with Gasteiger partial charge in [-0.3, -0.25) is 9.59 Å². The summed E-state index contributed by atoms with van der Waals surface area (Å²) in [5.74, 6) is 1.10. The van der Waals surface area contributed by atoms with E-state index in [1.807, 2.05) is 11.0 Å². The van der Waals surface area contributed by atoms with Crippen LogP contribution in [-0.2, 0) is 9.59 Å². The van der Waals surface area contributed by atoms with Gasteiger partial charge in [-0.25, -0.2) is 0 Å². The number of carbonyl (C=O) groups is 2. The Labute approximate surface area is 129 Å². The molecule has 2 aliphatic heterocycles. The minimum absolute atomic E-state index is 0.0163. The normalized spacial score (nSPS) is 46.3. The molecule has 2 heterocycles. The fourth-order valence-corrected chi connectivity index (χ4v) is 6.32. The molecule has 0 aromatic heterocycles. The highest BCUT2D eigenvalue weighted by atomic mass is 16.3. The zero-order valence-corrected chi connectivity index (χ0v) is 12.8. The number of hydrogen-bond acceptors (Lipinski definition) is 3. The summed E-state index contributed by atoms with van der Waals surface area (Å²) in [5, 5.41) is 10.9. The number of aliphatic hydroxyl groups is 1. The Balaban J connectivity index is 1.54. The maximum absolute atomic E-state index is 13.0. The molecule has 2 atom stereocenters. The van der Waals surface area contributed by atoms with Gasteiger partial charge in [-0.2, -0.15) is 0 Å². The molecular weight excluding hydrogens is 280 g/mol. The van der Waals surface area contributed by atoms with Gasteiger partial charge in [-0.05, 0) is 56.8 Å². The maximum atomic E-state index is 13.0. The van der Waals surface area contributed by atoms with Crippen LogP contribution in [0, 0.1) is 11.8 Å². The molecule has 1 saturated heterocycles. The van der Waals surface area contributed by atoms with Crippen molar-refractivity contribution in [3.8, 4) is 0 Å². The van der Waals surface area contributed by atoms with Crippen molar-refractivity contribution in [2.24, 2.45) is 11.8 Å². The Bertz CT molecular complexity index is 597. The molecule has 0 aromatic rings. The molecule has 4 aliphatic carbocycles. The highest BCUT2D eigenvalue weighted by molar-refractivity contribution is 6.04. The van der Waals surface area contributed by atoms with Crippen LogP contribution in [0.1, 0.15) is 44.9 Å². The van der Waals surface area contributed by atoms with Gasteiger partial charge >= 0.3 is 0 Å². The topological polar surface area (TPSA) is 60.9 Å². The first-order valence-electron chi connectivity index (χ1n) is 8.53. The Morgan fingerprint density at radius 3 is 2.55 bits per heavy atom. The predicted octanol–water partition coefficient (Wildman–Crippen LogP) is 1.03. The zero-order valence-electron chi connectivity index (χ0n) is 12.8. The number of amides is 2. The third-order valence-electron chi connectivity index (χ3n) is 6.61. The summed E-state index contributed by atoms with van der Waals surface area (Å²) in [6, 6.07) is 0. The van der Waals surface area contributed by atoms with Gasteiger partial charge in [-0.15, -0.1) is 0 Å². The molecule has 5 fully saturated rings. The van der Waals surface area contributed by atoms with E-state index < -0.39 is 5.60 Å². The molecule has 0 radical (unpaired) electrons. The lowest BCUT2D eigenvalue weighted by atomic mass is 9.50. The van der Waals surface area contributed by atoms with Gasteiger partial charge in [0, 0.05) is 12.1 Å². The highest BCUT2D eigenvalue weighted by Crippen LogP contribution is 2.59. The lowest BCUT2D eigenvalue weighted by molar-refractivity contribution is -0.187. The summed E-state index contributed by atoms with van der Waals surface area (Å²) in [6.07, 6.45) is 8.25. The lowest BCUT2D eigenvalue weighted by Crippen LogP contribution is -2.69. The van der Waals surface area contributed by atoms with Crippen LogP contribution in [0.15, 0.2) is 11.8 Å². The molecule has 1 N–H and O–H groups in total. The molecule has 118 valence electrons. The second-order valence-electron chi connectivity index (χ2n) is 8.22. The Hall–Kier alpha value is -1.36. The molecular formula is C17H22N2O3. The van der Waals surface area contributed by atoms with Crippen LogP contribution in [0.2, 0.25) is 0 Å². The Morgan fingerprint density at radius 2 is 1.86 bits per heavy atom. The van der Waals surface area contributed by atoms with Gasteiger partial charge in [0.15, 0.2) is 0 Å². The summed E-state index contributed by atoms with van der Waals surface area (Å²) in [6.45, 7) is 0.849. The average molecular weight is 302 g/mol. The molecule has 0 aromatic carbocycles. The third-order valence-corrected chi connectivity index (χ3v) is 6.61. The molecule has 2 amide bonds. The number of rotatable bonds is 1. The smallest absolute Gasteiger partial charge is 0.271 e. The zero-order chi connectivity index (χ0) is 15.1. The van der Waals surface area contributed by atoms with Gasteiger partial charge in [0.2, 0.25) is 5.91 Å². The molecule has 6 aliphatic rings. The molecule has 4 bridgehead atoms. The molecule has 6 rings (SSSR count). The van der Waals surface area contributed by atoms with Crippen molar-refractivity contribution in [2.45, 2.75) is 56.1 Å². The summed E-state index contributed by atoms with van der Waals surface area (Å²) < 4.78 is 0. The second kappa shape index (κ2) is 3.94. The number of fused-ring (bicyclic) bond motifs is 1. The summed E-state index contributed by atoms with van der Waals surface area (Å²) in [5.41, 5.74) is -0.297. The molecule has 5 heteroatoms. The van der Waals surface area contributed by atoms with Gasteiger partial charge < -0.3 is 14.9 Å². The predicted molar refractivity (Wildman–Crippen MR) is 78.5 cm³/mol. The van der Waals surface area contributed by atoms with Crippen LogP contribution in [-0.4, -0.2) is 51.0 Å². The van der Waals surface area contributed by atoms with Gasteiger partial charge in [0.25, 0.3) is 5.91 Å². The minimum Gasteiger partial charge on any atom is -0.390 e. The maximum Gasteiger partial charge on any atom is 0.271 e. The van der Waals surface area contributed by atoms with Crippen LogP contribution in [0.3, 0.4) is 0 Å². The Morgan fingerprint density at radius 1 is 1.14 bits per heavy atom. The van der Waals surface area contributed by atoms with Crippen molar-refractivity contribution >= 4 is 11.8 Å². The Kier molecular flexibility index (Phi) is 2.35. The quantitative estimate of drug-likeness (QED) is 0.787. The number of piperazine rings is 1. The minimum atomic E-state index is -0.603. The van der Waals surface area contributed by atoms with Gasteiger partial charge in [0.05, 0.1) is 5.60 Å². The van der Waals surface area contributed by atoms with E-state index in [0.717, 1.165) is 32.1 Å². The second-order valence-corrected chi connectivity index (χ2v) is 8.22. The lowest BCUT2D eigenvalue weighted by Gasteiger charge is -2.63. The van der Waals surface area contributed by atoms with Crippen LogP contribution >= 0.6 is 0 Å². The first-order chi connectivity index (χ1) is 10.5. The third kappa shape index (κ3) is 1.58. The van der Waals surface area contributed by atoms with E-state index in [2.05, 4.69) is 0 Å². The van der Waals surface area contributed by atoms with Crippen molar-refractivity contribution in [3.63, 3.8) is 0 Å². The molecule has 0 spiro atoms. The van der Waals surface area contributed by atoms with Crippen molar-refractivity contribution in [1.82, 2.24) is 9.80 Å². The summed E-state index contributed by atoms with van der Waals surface area (Å²) >= 11 is 0. The SMILES string of the molecule is O=C1CN(C23CC4CC(CC(O)(C4)C2)C3)C(=O)C2=CCCN12. The highest BCUT2D eigenvalue weighted by Gasteiger charge is 2.61. The van der Waals surface area contributed by atoms with Crippen LogP contribution in [0.4, 0.5) is 0 Å². The van der Waals surface area contributed by atoms with E-state index in [0.29, 0.717) is 30.5 Å². The first kappa shape index (κ1) is 13.1. The fourth-order valence-electron chi connectivity index (χ4n) is 6.32. The van der Waals surface area contributed by atoms with E-state index >= 15 is 0 Å². The van der Waals surface area contributed by atoms with Crippen molar-refractivity contribution in [3.05, 3.63) is 11.8 Å². The molecule has 2 unspecified atom stereocenters. The van der Waals surface area contributed by atoms with Crippen molar-refractivity contribution < 1.29 is 14.7 Å². The van der Waals surface area contributed by atoms with Crippen molar-refractivity contribution in [2.75, 3.05) is 13.1 Å². The number of hydrogen-bond donors (Lipinski definition) is 1. The van der Waals surface area contributed by atoms with E-state index in [-0.39, 0.29) is 23.9 Å². The van der Waals surface area contributed by atoms with Crippen molar-refractivity contribution in [1.29, 1.82) is 0 Å². The summed E-state index contributed by atoms with van der Waals surface area (Å²) in [4.78, 5) is 28.9. The standard InChI is InChI=1S/C17H22N2O3/c20-14-9-19(15(21)13-2-1-3-18(13)14)16-5-11-4-12(6-16)8-17(22,7-11)10-16/h2,11-12,22H,1,3-10H2. The van der Waals surface area contributed by atoms with Crippen LogP contribution in [0.5, 0.6) is 0 Å². The largest absolute Gasteiger partial charge is 0.390 e. The molecule has 5 nitrogen and oxygen atoms in total. The molecule has 4 saturated carbocycles. The van der Waals surface area contributed by atoms with E-state index in [1.54, 1.807) is 4.90 Å². The summed E-state index contributed by atoms with van der Waals surface area (Å²) in [7, 11) is 0. The van der Waals surface area contributed by atoms with E-state index in [1.165, 1.54) is 6.42 Å². The van der Waals surface area contributed by atoms with Crippen LogP contribution < -0.4 is 0 Å². The number of nitrogens with zero attached hydrogens (tertiary/aromatic N) is 2. The van der Waals surface area contributed by atoms with Gasteiger partial charge in [-0.1, -0.05) is 6.08 Å². The monoisotopic (exact) mass is 302 g/mol.